The first kappa shape index (κ1) is 13.9. The summed E-state index contributed by atoms with van der Waals surface area (Å²) >= 11 is 0. The zero-order valence-electron chi connectivity index (χ0n) is 11.0. The zero-order chi connectivity index (χ0) is 15.0. The van der Waals surface area contributed by atoms with Crippen molar-refractivity contribution in [1.82, 2.24) is 9.55 Å². The third kappa shape index (κ3) is 2.07. The van der Waals surface area contributed by atoms with E-state index in [1.54, 1.807) is 13.8 Å². The Balaban J connectivity index is 2.93. The number of carboxylic acids is 1. The first-order chi connectivity index (χ1) is 9.36. The number of benzene rings is 1. The van der Waals surface area contributed by atoms with Crippen molar-refractivity contribution in [2.24, 2.45) is 0 Å². The lowest BCUT2D eigenvalue weighted by Gasteiger charge is -2.17. The van der Waals surface area contributed by atoms with Crippen LogP contribution in [-0.2, 0) is 4.79 Å². The molecule has 0 spiro atoms. The molecular formula is C13H14N2O5. The quantitative estimate of drug-likeness (QED) is 0.726. The molecule has 1 heterocycles. The van der Waals surface area contributed by atoms with Gasteiger partial charge in [-0.25, -0.2) is 9.59 Å². The Morgan fingerprint density at radius 1 is 1.35 bits per heavy atom. The third-order valence-electron chi connectivity index (χ3n) is 3.20. The number of aromatic hydroxyl groups is 2. The molecule has 0 saturated carbocycles. The van der Waals surface area contributed by atoms with Crippen LogP contribution < -0.4 is 5.69 Å². The van der Waals surface area contributed by atoms with Crippen LogP contribution in [-0.4, -0.2) is 30.8 Å². The Hall–Kier alpha value is -2.57. The molecule has 2 aromatic rings. The van der Waals surface area contributed by atoms with Crippen LogP contribution in [0.1, 0.15) is 25.1 Å². The lowest BCUT2D eigenvalue weighted by molar-refractivity contribution is -0.141. The third-order valence-corrected chi connectivity index (χ3v) is 3.20. The predicted molar refractivity (Wildman–Crippen MR) is 71.0 cm³/mol. The molecule has 0 saturated heterocycles. The van der Waals surface area contributed by atoms with Crippen LogP contribution >= 0.6 is 0 Å². The van der Waals surface area contributed by atoms with E-state index < -0.39 is 23.5 Å². The molecule has 1 atom stereocenters. The van der Waals surface area contributed by atoms with Gasteiger partial charge in [-0.2, -0.15) is 4.98 Å². The number of rotatable bonds is 3. The molecule has 0 fully saturated rings. The summed E-state index contributed by atoms with van der Waals surface area (Å²) in [5.74, 6) is -1.93. The minimum atomic E-state index is -1.16. The second-order valence-corrected chi connectivity index (χ2v) is 4.47. The highest BCUT2D eigenvalue weighted by molar-refractivity contribution is 5.86. The highest BCUT2D eigenvalue weighted by Crippen LogP contribution is 2.31. The number of carbonyl (C=O) groups is 1. The smallest absolute Gasteiger partial charge is 0.349 e. The monoisotopic (exact) mass is 278 g/mol. The number of hydrogen-bond donors (Lipinski definition) is 3. The highest BCUT2D eigenvalue weighted by Gasteiger charge is 2.22. The fraction of sp³-hybridized carbons (Fsp3) is 0.308. The van der Waals surface area contributed by atoms with E-state index in [0.717, 1.165) is 4.57 Å². The summed E-state index contributed by atoms with van der Waals surface area (Å²) < 4.78 is 1.02. The topological polar surface area (TPSA) is 113 Å². The van der Waals surface area contributed by atoms with Gasteiger partial charge in [0.2, 0.25) is 0 Å². The molecule has 3 N–H and O–H groups in total. The maximum atomic E-state index is 12.0. The van der Waals surface area contributed by atoms with Gasteiger partial charge >= 0.3 is 11.7 Å². The number of phenolic OH excluding ortho intramolecular Hbond substituents is 2. The molecule has 1 unspecified atom stereocenters. The van der Waals surface area contributed by atoms with Crippen LogP contribution in [0.5, 0.6) is 11.5 Å². The van der Waals surface area contributed by atoms with Gasteiger partial charge in [0, 0.05) is 11.5 Å². The van der Waals surface area contributed by atoms with Gasteiger partial charge in [-0.05, 0) is 19.4 Å². The van der Waals surface area contributed by atoms with Crippen molar-refractivity contribution in [3.63, 3.8) is 0 Å². The van der Waals surface area contributed by atoms with Gasteiger partial charge in [0.15, 0.2) is 11.5 Å². The van der Waals surface area contributed by atoms with E-state index in [1.807, 2.05) is 0 Å². The molecule has 2 rings (SSSR count). The number of carboxylic acid groups (broad SMARTS) is 1. The van der Waals surface area contributed by atoms with Crippen LogP contribution in [0.25, 0.3) is 10.9 Å². The molecule has 0 bridgehead atoms. The number of fused-ring (bicyclic) bond motifs is 1. The van der Waals surface area contributed by atoms with Crippen molar-refractivity contribution in [3.8, 4) is 11.5 Å². The second-order valence-electron chi connectivity index (χ2n) is 4.47. The van der Waals surface area contributed by atoms with Crippen molar-refractivity contribution in [3.05, 3.63) is 28.3 Å². The maximum Gasteiger partial charge on any atom is 0.349 e. The van der Waals surface area contributed by atoms with Gasteiger partial charge in [-0.1, -0.05) is 6.92 Å². The minimum absolute atomic E-state index is 0.191. The second kappa shape index (κ2) is 4.84. The molecule has 20 heavy (non-hydrogen) atoms. The number of aliphatic carboxylic acids is 1. The molecule has 0 radical (unpaired) electrons. The van der Waals surface area contributed by atoms with Crippen LogP contribution in [0.15, 0.2) is 16.9 Å². The van der Waals surface area contributed by atoms with E-state index in [0.29, 0.717) is 11.1 Å². The lowest BCUT2D eigenvalue weighted by atomic mass is 10.1. The molecule has 7 nitrogen and oxygen atoms in total. The number of aryl methyl sites for hydroxylation is 1. The molecule has 1 aromatic carbocycles. The Morgan fingerprint density at radius 2 is 1.95 bits per heavy atom. The van der Waals surface area contributed by atoms with Crippen LogP contribution in [0.2, 0.25) is 0 Å². The van der Waals surface area contributed by atoms with Crippen molar-refractivity contribution in [1.29, 1.82) is 0 Å². The van der Waals surface area contributed by atoms with Gasteiger partial charge in [0.1, 0.15) is 6.04 Å². The average Bonchev–Trinajstić information content (AvgIpc) is 2.36. The average molecular weight is 278 g/mol. The highest BCUT2D eigenvalue weighted by atomic mass is 16.4. The number of phenols is 2. The number of aromatic nitrogens is 2. The van der Waals surface area contributed by atoms with Crippen LogP contribution in [0, 0.1) is 6.92 Å². The molecule has 0 aliphatic carbocycles. The standard InChI is InChI=1S/C13H14N2O5/c1-3-8(12(18)19)15-9-5-11(17)10(16)4-7(9)6(2)14-13(15)20/h4-5,8,16-17H,3H2,1-2H3,(H,18,19). The van der Waals surface area contributed by atoms with E-state index in [-0.39, 0.29) is 17.7 Å². The van der Waals surface area contributed by atoms with Crippen molar-refractivity contribution >= 4 is 16.9 Å². The lowest BCUT2D eigenvalue weighted by Crippen LogP contribution is -2.32. The maximum absolute atomic E-state index is 12.0. The Bertz CT molecular complexity index is 750. The largest absolute Gasteiger partial charge is 0.504 e. The fourth-order valence-electron chi connectivity index (χ4n) is 2.18. The Kier molecular flexibility index (Phi) is 3.35. The van der Waals surface area contributed by atoms with Crippen LogP contribution in [0.4, 0.5) is 0 Å². The van der Waals surface area contributed by atoms with Crippen molar-refractivity contribution in [2.75, 3.05) is 0 Å². The van der Waals surface area contributed by atoms with E-state index in [2.05, 4.69) is 4.98 Å². The molecule has 1 aromatic heterocycles. The van der Waals surface area contributed by atoms with E-state index in [4.69, 9.17) is 0 Å². The number of nitrogens with zero attached hydrogens (tertiary/aromatic N) is 2. The molecule has 106 valence electrons. The fourth-order valence-corrected chi connectivity index (χ4v) is 2.18. The van der Waals surface area contributed by atoms with Gasteiger partial charge in [0.05, 0.1) is 11.2 Å². The summed E-state index contributed by atoms with van der Waals surface area (Å²) in [7, 11) is 0. The summed E-state index contributed by atoms with van der Waals surface area (Å²) in [5.41, 5.74) is -0.113. The summed E-state index contributed by atoms with van der Waals surface area (Å²) in [4.78, 5) is 27.0. The summed E-state index contributed by atoms with van der Waals surface area (Å²) in [6.45, 7) is 3.21. The normalized spacial score (nSPS) is 12.5. The van der Waals surface area contributed by atoms with Gasteiger partial charge < -0.3 is 15.3 Å². The summed E-state index contributed by atoms with van der Waals surface area (Å²) in [5, 5.41) is 28.7. The molecular weight excluding hydrogens is 264 g/mol. The predicted octanol–water partition coefficient (Wildman–Crippen LogP) is 1.15. The van der Waals surface area contributed by atoms with Crippen molar-refractivity contribution in [2.45, 2.75) is 26.3 Å². The van der Waals surface area contributed by atoms with Crippen LogP contribution in [0.3, 0.4) is 0 Å². The summed E-state index contributed by atoms with van der Waals surface area (Å²) in [6.07, 6.45) is 0.191. The van der Waals surface area contributed by atoms with E-state index in [9.17, 15) is 24.9 Å². The van der Waals surface area contributed by atoms with E-state index in [1.165, 1.54) is 12.1 Å². The number of hydrogen-bond acceptors (Lipinski definition) is 5. The van der Waals surface area contributed by atoms with Gasteiger partial charge in [0.25, 0.3) is 0 Å². The first-order valence-corrected chi connectivity index (χ1v) is 6.04. The first-order valence-electron chi connectivity index (χ1n) is 6.04. The Morgan fingerprint density at radius 3 is 2.50 bits per heavy atom. The minimum Gasteiger partial charge on any atom is -0.504 e. The zero-order valence-corrected chi connectivity index (χ0v) is 11.0. The summed E-state index contributed by atoms with van der Waals surface area (Å²) in [6, 6.07) is 1.35. The molecule has 0 amide bonds. The van der Waals surface area contributed by atoms with Crippen molar-refractivity contribution < 1.29 is 20.1 Å². The van der Waals surface area contributed by atoms with Gasteiger partial charge in [-0.15, -0.1) is 0 Å². The Labute approximate surface area is 113 Å². The van der Waals surface area contributed by atoms with Gasteiger partial charge in [-0.3, -0.25) is 4.57 Å². The molecule has 7 heteroatoms. The SMILES string of the molecule is CCC(C(=O)O)n1c(=O)nc(C)c2cc(O)c(O)cc21. The van der Waals surface area contributed by atoms with E-state index >= 15 is 0 Å². The molecule has 0 aliphatic rings. The molecule has 0 aliphatic heterocycles.